The summed E-state index contributed by atoms with van der Waals surface area (Å²) in [6.07, 6.45) is 1.07. The van der Waals surface area contributed by atoms with E-state index in [2.05, 4.69) is 37.0 Å². The fourth-order valence-corrected chi connectivity index (χ4v) is 2.82. The summed E-state index contributed by atoms with van der Waals surface area (Å²) in [4.78, 5) is 4.61. The molecule has 0 bridgehead atoms. The Labute approximate surface area is 94.1 Å². The highest BCUT2D eigenvalue weighted by atomic mass is 32.1. The first-order valence-corrected chi connectivity index (χ1v) is 6.09. The summed E-state index contributed by atoms with van der Waals surface area (Å²) in [6, 6.07) is 6.27. The molecule has 1 aromatic heterocycles. The monoisotopic (exact) mass is 220 g/mol. The van der Waals surface area contributed by atoms with Gasteiger partial charge < -0.3 is 5.73 Å². The Morgan fingerprint density at radius 2 is 2.20 bits per heavy atom. The van der Waals surface area contributed by atoms with Crippen LogP contribution < -0.4 is 5.73 Å². The summed E-state index contributed by atoms with van der Waals surface area (Å²) in [5, 5.41) is 1.23. The van der Waals surface area contributed by atoms with Gasteiger partial charge >= 0.3 is 0 Å². The zero-order valence-electron chi connectivity index (χ0n) is 9.16. The van der Waals surface area contributed by atoms with Crippen LogP contribution in [0, 0.1) is 5.92 Å². The second-order valence-corrected chi connectivity index (χ2v) is 5.33. The van der Waals surface area contributed by atoms with E-state index in [-0.39, 0.29) is 0 Å². The molecule has 0 atom stereocenters. The molecule has 2 rings (SSSR count). The van der Waals surface area contributed by atoms with Gasteiger partial charge in [-0.2, -0.15) is 0 Å². The zero-order chi connectivity index (χ0) is 10.8. The number of rotatable bonds is 3. The maximum Gasteiger partial charge on any atom is 0.0941 e. The summed E-state index contributed by atoms with van der Waals surface area (Å²) >= 11 is 1.79. The Hall–Kier alpha value is -0.930. The highest BCUT2D eigenvalue weighted by Gasteiger charge is 2.05. The second-order valence-electron chi connectivity index (χ2n) is 4.21. The fourth-order valence-electron chi connectivity index (χ4n) is 1.58. The quantitative estimate of drug-likeness (QED) is 0.863. The van der Waals surface area contributed by atoms with Crippen molar-refractivity contribution < 1.29 is 0 Å². The number of hydrogen-bond donors (Lipinski definition) is 1. The summed E-state index contributed by atoms with van der Waals surface area (Å²) in [7, 11) is 0. The Balaban J connectivity index is 2.37. The molecule has 80 valence electrons. The first-order valence-electron chi connectivity index (χ1n) is 5.27. The van der Waals surface area contributed by atoms with E-state index in [1.165, 1.54) is 15.3 Å². The van der Waals surface area contributed by atoms with E-state index in [1.54, 1.807) is 11.3 Å². The lowest BCUT2D eigenvalue weighted by Crippen LogP contribution is -1.94. The molecular formula is C12H16N2S. The van der Waals surface area contributed by atoms with Gasteiger partial charge in [0.25, 0.3) is 0 Å². The molecule has 0 aliphatic heterocycles. The van der Waals surface area contributed by atoms with Gasteiger partial charge in [0, 0.05) is 13.0 Å². The molecule has 0 aliphatic carbocycles. The fraction of sp³-hybridized carbons (Fsp3) is 0.417. The summed E-state index contributed by atoms with van der Waals surface area (Å²) in [6.45, 7) is 5.04. The smallest absolute Gasteiger partial charge is 0.0941 e. The predicted octanol–water partition coefficient (Wildman–Crippen LogP) is 2.95. The molecule has 1 aromatic carbocycles. The van der Waals surface area contributed by atoms with Crippen LogP contribution in [0.2, 0.25) is 0 Å². The largest absolute Gasteiger partial charge is 0.326 e. The first-order chi connectivity index (χ1) is 7.19. The van der Waals surface area contributed by atoms with Crippen LogP contribution in [-0.4, -0.2) is 4.98 Å². The molecule has 2 N–H and O–H groups in total. The zero-order valence-corrected chi connectivity index (χ0v) is 9.97. The van der Waals surface area contributed by atoms with Crippen molar-refractivity contribution in [2.24, 2.45) is 11.7 Å². The topological polar surface area (TPSA) is 38.9 Å². The third-order valence-corrected chi connectivity index (χ3v) is 3.36. The van der Waals surface area contributed by atoms with Gasteiger partial charge in [0.15, 0.2) is 0 Å². The van der Waals surface area contributed by atoms with E-state index < -0.39 is 0 Å². The third kappa shape index (κ3) is 2.36. The number of thiazole rings is 1. The Morgan fingerprint density at radius 1 is 1.40 bits per heavy atom. The third-order valence-electron chi connectivity index (χ3n) is 2.32. The van der Waals surface area contributed by atoms with Gasteiger partial charge in [-0.15, -0.1) is 11.3 Å². The summed E-state index contributed by atoms with van der Waals surface area (Å²) < 4.78 is 1.26. The van der Waals surface area contributed by atoms with E-state index in [0.717, 1.165) is 11.9 Å². The van der Waals surface area contributed by atoms with Gasteiger partial charge in [-0.3, -0.25) is 0 Å². The highest BCUT2D eigenvalue weighted by molar-refractivity contribution is 7.18. The number of benzene rings is 1. The van der Waals surface area contributed by atoms with Crippen molar-refractivity contribution in [2.45, 2.75) is 26.8 Å². The van der Waals surface area contributed by atoms with Gasteiger partial charge in [-0.05, 0) is 23.6 Å². The van der Waals surface area contributed by atoms with Crippen LogP contribution in [0.1, 0.15) is 24.4 Å². The molecule has 15 heavy (non-hydrogen) atoms. The highest BCUT2D eigenvalue weighted by Crippen LogP contribution is 2.24. The molecule has 2 nitrogen and oxygen atoms in total. The maximum absolute atomic E-state index is 5.61. The van der Waals surface area contributed by atoms with Gasteiger partial charge in [-0.25, -0.2) is 4.98 Å². The molecule has 0 saturated heterocycles. The van der Waals surface area contributed by atoms with Gasteiger partial charge in [0.1, 0.15) is 0 Å². The molecular weight excluding hydrogens is 204 g/mol. The average molecular weight is 220 g/mol. The van der Waals surface area contributed by atoms with Crippen molar-refractivity contribution in [3.63, 3.8) is 0 Å². The number of nitrogens with zero attached hydrogens (tertiary/aromatic N) is 1. The molecule has 2 aromatic rings. The minimum absolute atomic E-state index is 0.605. The van der Waals surface area contributed by atoms with Gasteiger partial charge in [0.05, 0.1) is 15.2 Å². The van der Waals surface area contributed by atoms with Crippen LogP contribution in [-0.2, 0) is 13.0 Å². The molecule has 0 fully saturated rings. The predicted molar refractivity (Wildman–Crippen MR) is 66.1 cm³/mol. The van der Waals surface area contributed by atoms with Gasteiger partial charge in [0.2, 0.25) is 0 Å². The Kier molecular flexibility index (Phi) is 3.03. The van der Waals surface area contributed by atoms with Crippen LogP contribution >= 0.6 is 11.3 Å². The summed E-state index contributed by atoms with van der Waals surface area (Å²) in [5.41, 5.74) is 7.90. The van der Waals surface area contributed by atoms with Crippen molar-refractivity contribution in [1.29, 1.82) is 0 Å². The van der Waals surface area contributed by atoms with Crippen molar-refractivity contribution in [1.82, 2.24) is 4.98 Å². The van der Waals surface area contributed by atoms with Crippen LogP contribution in [0.5, 0.6) is 0 Å². The molecule has 0 unspecified atom stereocenters. The lowest BCUT2D eigenvalue weighted by Gasteiger charge is -1.97. The maximum atomic E-state index is 5.61. The normalized spacial score (nSPS) is 11.5. The van der Waals surface area contributed by atoms with Crippen molar-refractivity contribution in [2.75, 3.05) is 0 Å². The standard InChI is InChI=1S/C12H16N2S/c1-8(2)5-12-14-10-4-3-9(7-13)6-11(10)15-12/h3-4,6,8H,5,7,13H2,1-2H3. The molecule has 3 heteroatoms. The molecule has 0 spiro atoms. The minimum Gasteiger partial charge on any atom is -0.326 e. The molecule has 0 aliphatic rings. The van der Waals surface area contributed by atoms with Crippen LogP contribution in [0.3, 0.4) is 0 Å². The number of fused-ring (bicyclic) bond motifs is 1. The van der Waals surface area contributed by atoms with Crippen LogP contribution in [0.4, 0.5) is 0 Å². The number of aromatic nitrogens is 1. The Bertz CT molecular complexity index is 460. The lowest BCUT2D eigenvalue weighted by molar-refractivity contribution is 0.645. The van der Waals surface area contributed by atoms with E-state index in [0.29, 0.717) is 12.5 Å². The van der Waals surface area contributed by atoms with E-state index >= 15 is 0 Å². The molecule has 1 heterocycles. The Morgan fingerprint density at radius 3 is 2.87 bits per heavy atom. The molecule has 0 saturated carbocycles. The minimum atomic E-state index is 0.605. The first kappa shape index (κ1) is 10.6. The lowest BCUT2D eigenvalue weighted by atomic mass is 10.1. The molecule has 0 amide bonds. The van der Waals surface area contributed by atoms with E-state index in [9.17, 15) is 0 Å². The van der Waals surface area contributed by atoms with Crippen molar-refractivity contribution in [3.8, 4) is 0 Å². The van der Waals surface area contributed by atoms with E-state index in [1.807, 2.05) is 0 Å². The van der Waals surface area contributed by atoms with Gasteiger partial charge in [-0.1, -0.05) is 19.9 Å². The van der Waals surface area contributed by atoms with Crippen LogP contribution in [0.25, 0.3) is 10.2 Å². The SMILES string of the molecule is CC(C)Cc1nc2ccc(CN)cc2s1. The second kappa shape index (κ2) is 4.29. The molecule has 0 radical (unpaired) electrons. The number of nitrogens with two attached hydrogens (primary N) is 1. The average Bonchev–Trinajstić information content (AvgIpc) is 2.57. The summed E-state index contributed by atoms with van der Waals surface area (Å²) in [5.74, 6) is 0.666. The van der Waals surface area contributed by atoms with Crippen molar-refractivity contribution >= 4 is 21.6 Å². The van der Waals surface area contributed by atoms with Crippen LogP contribution in [0.15, 0.2) is 18.2 Å². The number of hydrogen-bond acceptors (Lipinski definition) is 3. The van der Waals surface area contributed by atoms with E-state index in [4.69, 9.17) is 5.73 Å². The van der Waals surface area contributed by atoms with Crippen molar-refractivity contribution in [3.05, 3.63) is 28.8 Å².